The third kappa shape index (κ3) is 5.04. The predicted octanol–water partition coefficient (Wildman–Crippen LogP) is 3.55. The summed E-state index contributed by atoms with van der Waals surface area (Å²) in [6.45, 7) is 4.63. The first-order chi connectivity index (χ1) is 14.7. The number of hydrogen-bond acceptors (Lipinski definition) is 7. The summed E-state index contributed by atoms with van der Waals surface area (Å²) in [7, 11) is 0. The van der Waals surface area contributed by atoms with Gasteiger partial charge in [-0.25, -0.2) is 14.5 Å². The lowest BCUT2D eigenvalue weighted by atomic mass is 10.2. The van der Waals surface area contributed by atoms with Crippen LogP contribution in [0.4, 0.5) is 11.4 Å². The number of carbonyl (C=O) groups is 2. The number of amides is 1. The lowest BCUT2D eigenvalue weighted by Gasteiger charge is -2.09. The number of halogens is 1. The number of pyridine rings is 1. The standard InChI is InChI=1S/C20H18ClN5O5/c1-11-4-5-14(9-16(11)26(29)30)22-18(27)10-31-20(28)19-15(21)6-7-17(23-19)25-13(3)8-12(2)24-25/h4-9H,10H2,1-3H3,(H,22,27). The molecule has 160 valence electrons. The molecule has 1 N–H and O–H groups in total. The molecular weight excluding hydrogens is 426 g/mol. The first kappa shape index (κ1) is 21.9. The van der Waals surface area contributed by atoms with Crippen LogP contribution in [-0.2, 0) is 9.53 Å². The molecule has 2 heterocycles. The molecule has 0 aliphatic heterocycles. The number of anilines is 1. The van der Waals surface area contributed by atoms with E-state index in [1.54, 1.807) is 17.7 Å². The molecule has 3 aromatic rings. The van der Waals surface area contributed by atoms with Crippen molar-refractivity contribution in [2.24, 2.45) is 0 Å². The highest BCUT2D eigenvalue weighted by Gasteiger charge is 2.19. The van der Waals surface area contributed by atoms with E-state index in [-0.39, 0.29) is 22.1 Å². The van der Waals surface area contributed by atoms with Gasteiger partial charge in [-0.1, -0.05) is 17.7 Å². The summed E-state index contributed by atoms with van der Waals surface area (Å²) in [6.07, 6.45) is 0. The summed E-state index contributed by atoms with van der Waals surface area (Å²) in [6, 6.07) is 9.20. The summed E-state index contributed by atoms with van der Waals surface area (Å²) < 4.78 is 6.56. The van der Waals surface area contributed by atoms with Crippen LogP contribution in [0.3, 0.4) is 0 Å². The van der Waals surface area contributed by atoms with Crippen LogP contribution >= 0.6 is 11.6 Å². The molecule has 0 saturated carbocycles. The fourth-order valence-electron chi connectivity index (χ4n) is 2.83. The first-order valence-corrected chi connectivity index (χ1v) is 9.45. The summed E-state index contributed by atoms with van der Waals surface area (Å²) in [5.41, 5.74) is 1.97. The number of nitrogens with zero attached hydrogens (tertiary/aromatic N) is 4. The maximum Gasteiger partial charge on any atom is 0.359 e. The van der Waals surface area contributed by atoms with Gasteiger partial charge in [-0.2, -0.15) is 5.10 Å². The third-order valence-corrected chi connectivity index (χ3v) is 4.58. The number of hydrogen-bond donors (Lipinski definition) is 1. The molecule has 1 aromatic carbocycles. The lowest BCUT2D eigenvalue weighted by Crippen LogP contribution is -2.22. The molecule has 0 bridgehead atoms. The largest absolute Gasteiger partial charge is 0.451 e. The van der Waals surface area contributed by atoms with Crippen molar-refractivity contribution >= 4 is 34.9 Å². The second kappa shape index (κ2) is 8.92. The van der Waals surface area contributed by atoms with Crippen molar-refractivity contribution in [3.63, 3.8) is 0 Å². The molecule has 10 nitrogen and oxygen atoms in total. The van der Waals surface area contributed by atoms with E-state index in [2.05, 4.69) is 15.4 Å². The van der Waals surface area contributed by atoms with Gasteiger partial charge in [-0.3, -0.25) is 14.9 Å². The molecule has 0 aliphatic carbocycles. The van der Waals surface area contributed by atoms with Crippen molar-refractivity contribution in [2.75, 3.05) is 11.9 Å². The van der Waals surface area contributed by atoms with Crippen LogP contribution in [0.25, 0.3) is 5.82 Å². The van der Waals surface area contributed by atoms with Gasteiger partial charge in [-0.05, 0) is 45.0 Å². The Morgan fingerprint density at radius 2 is 1.94 bits per heavy atom. The van der Waals surface area contributed by atoms with E-state index in [0.717, 1.165) is 11.4 Å². The minimum absolute atomic E-state index is 0.0600. The molecule has 0 spiro atoms. The second-order valence-corrected chi connectivity index (χ2v) is 7.13. The second-order valence-electron chi connectivity index (χ2n) is 6.72. The van der Waals surface area contributed by atoms with Gasteiger partial charge in [0.1, 0.15) is 0 Å². The number of carbonyl (C=O) groups excluding carboxylic acids is 2. The highest BCUT2D eigenvalue weighted by atomic mass is 35.5. The fraction of sp³-hybridized carbons (Fsp3) is 0.200. The predicted molar refractivity (Wildman–Crippen MR) is 113 cm³/mol. The highest BCUT2D eigenvalue weighted by Crippen LogP contribution is 2.22. The van der Waals surface area contributed by atoms with Gasteiger partial charge in [0.05, 0.1) is 15.6 Å². The number of rotatable bonds is 6. The number of nitrogens with one attached hydrogen (secondary N) is 1. The van der Waals surface area contributed by atoms with Gasteiger partial charge in [0.2, 0.25) is 0 Å². The number of nitro groups is 1. The van der Waals surface area contributed by atoms with Crippen LogP contribution in [-0.4, -0.2) is 38.2 Å². The Hall–Kier alpha value is -3.79. The Morgan fingerprint density at radius 1 is 1.19 bits per heavy atom. The molecule has 3 rings (SSSR count). The van der Waals surface area contributed by atoms with Crippen molar-refractivity contribution in [1.82, 2.24) is 14.8 Å². The molecule has 0 aliphatic rings. The topological polar surface area (TPSA) is 129 Å². The zero-order valence-corrected chi connectivity index (χ0v) is 17.6. The van der Waals surface area contributed by atoms with E-state index in [1.165, 1.54) is 24.3 Å². The van der Waals surface area contributed by atoms with Crippen LogP contribution in [0.1, 0.15) is 27.4 Å². The summed E-state index contributed by atoms with van der Waals surface area (Å²) in [5.74, 6) is -1.19. The van der Waals surface area contributed by atoms with Crippen LogP contribution in [0.15, 0.2) is 36.4 Å². The number of aryl methyl sites for hydroxylation is 3. The Bertz CT molecular complexity index is 1190. The number of benzene rings is 1. The van der Waals surface area contributed by atoms with Crippen molar-refractivity contribution < 1.29 is 19.2 Å². The molecule has 0 unspecified atom stereocenters. The van der Waals surface area contributed by atoms with Crippen LogP contribution in [0.2, 0.25) is 5.02 Å². The van der Waals surface area contributed by atoms with E-state index in [1.807, 2.05) is 19.9 Å². The Kier molecular flexibility index (Phi) is 6.30. The average molecular weight is 444 g/mol. The van der Waals surface area contributed by atoms with Crippen LogP contribution < -0.4 is 5.32 Å². The Labute approximate surface area is 182 Å². The molecule has 0 fully saturated rings. The number of aromatic nitrogens is 3. The maximum atomic E-state index is 12.4. The van der Waals surface area contributed by atoms with Crippen molar-refractivity contribution in [3.05, 3.63) is 74.2 Å². The lowest BCUT2D eigenvalue weighted by molar-refractivity contribution is -0.385. The molecule has 1 amide bonds. The van der Waals surface area contributed by atoms with E-state index in [0.29, 0.717) is 11.4 Å². The molecule has 31 heavy (non-hydrogen) atoms. The number of ether oxygens (including phenoxy) is 1. The highest BCUT2D eigenvalue weighted by molar-refractivity contribution is 6.33. The van der Waals surface area contributed by atoms with E-state index < -0.39 is 23.4 Å². The zero-order chi connectivity index (χ0) is 22.7. The third-order valence-electron chi connectivity index (χ3n) is 4.28. The van der Waals surface area contributed by atoms with Gasteiger partial charge in [0, 0.05) is 23.0 Å². The fourth-order valence-corrected chi connectivity index (χ4v) is 3.02. The van der Waals surface area contributed by atoms with Crippen molar-refractivity contribution in [3.8, 4) is 5.82 Å². The zero-order valence-electron chi connectivity index (χ0n) is 16.9. The van der Waals surface area contributed by atoms with Crippen molar-refractivity contribution in [2.45, 2.75) is 20.8 Å². The minimum Gasteiger partial charge on any atom is -0.451 e. The Morgan fingerprint density at radius 3 is 2.58 bits per heavy atom. The van der Waals surface area contributed by atoms with E-state index in [9.17, 15) is 19.7 Å². The molecule has 0 saturated heterocycles. The van der Waals surface area contributed by atoms with Gasteiger partial charge >= 0.3 is 5.97 Å². The molecular formula is C20H18ClN5O5. The maximum absolute atomic E-state index is 12.4. The number of nitro benzene ring substituents is 1. The molecule has 11 heteroatoms. The van der Waals surface area contributed by atoms with Gasteiger partial charge in [0.25, 0.3) is 11.6 Å². The van der Waals surface area contributed by atoms with Gasteiger partial charge in [0.15, 0.2) is 18.1 Å². The van der Waals surface area contributed by atoms with Crippen LogP contribution in [0, 0.1) is 30.9 Å². The van der Waals surface area contributed by atoms with E-state index in [4.69, 9.17) is 16.3 Å². The minimum atomic E-state index is -0.890. The van der Waals surface area contributed by atoms with Crippen LogP contribution in [0.5, 0.6) is 0 Å². The summed E-state index contributed by atoms with van der Waals surface area (Å²) >= 11 is 6.07. The SMILES string of the molecule is Cc1cc(C)n(-c2ccc(Cl)c(C(=O)OCC(=O)Nc3ccc(C)c([N+](=O)[O-])c3)n2)n1. The average Bonchev–Trinajstić information content (AvgIpc) is 3.05. The number of esters is 1. The smallest absolute Gasteiger partial charge is 0.359 e. The first-order valence-electron chi connectivity index (χ1n) is 9.08. The summed E-state index contributed by atoms with van der Waals surface area (Å²) in [5, 5.41) is 17.8. The Balaban J connectivity index is 1.69. The normalized spacial score (nSPS) is 10.6. The molecule has 0 radical (unpaired) electrons. The summed E-state index contributed by atoms with van der Waals surface area (Å²) in [4.78, 5) is 39.2. The monoisotopic (exact) mass is 443 g/mol. The van der Waals surface area contributed by atoms with Gasteiger partial charge in [-0.15, -0.1) is 0 Å². The van der Waals surface area contributed by atoms with E-state index >= 15 is 0 Å². The molecule has 0 atom stereocenters. The quantitative estimate of drug-likeness (QED) is 0.350. The van der Waals surface area contributed by atoms with Crippen molar-refractivity contribution in [1.29, 1.82) is 0 Å². The van der Waals surface area contributed by atoms with Gasteiger partial charge < -0.3 is 10.1 Å². The molecule has 2 aromatic heterocycles.